The smallest absolute Gasteiger partial charge is 0.136 e. The predicted molar refractivity (Wildman–Crippen MR) is 64.6 cm³/mol. The topological polar surface area (TPSA) is 54.4 Å². The summed E-state index contributed by atoms with van der Waals surface area (Å²) >= 11 is 0. The molecule has 3 nitrogen and oxygen atoms in total. The first-order valence-corrected chi connectivity index (χ1v) is 6.93. The van der Waals surface area contributed by atoms with Gasteiger partial charge in [-0.2, -0.15) is 0 Å². The van der Waals surface area contributed by atoms with Crippen molar-refractivity contribution in [3.05, 3.63) is 12.2 Å². The van der Waals surface area contributed by atoms with Gasteiger partial charge in [0.25, 0.3) is 0 Å². The Kier molecular flexibility index (Phi) is 1.79. The maximum atomic E-state index is 12.1. The van der Waals surface area contributed by atoms with Crippen LogP contribution < -0.4 is 0 Å². The third-order valence-electron chi connectivity index (χ3n) is 6.24. The molecule has 0 aliphatic heterocycles. The largest absolute Gasteiger partial charge is 0.388 e. The molecule has 3 heteroatoms. The van der Waals surface area contributed by atoms with E-state index >= 15 is 0 Å². The van der Waals surface area contributed by atoms with Gasteiger partial charge in [-0.25, -0.2) is 0 Å². The van der Waals surface area contributed by atoms with Crippen molar-refractivity contribution in [3.8, 4) is 0 Å². The van der Waals surface area contributed by atoms with Gasteiger partial charge in [-0.05, 0) is 18.3 Å². The van der Waals surface area contributed by atoms with Crippen LogP contribution in [0.4, 0.5) is 0 Å². The first-order chi connectivity index (χ1) is 8.49. The lowest BCUT2D eigenvalue weighted by Gasteiger charge is -2.37. The van der Waals surface area contributed by atoms with Crippen LogP contribution in [0.3, 0.4) is 0 Å². The van der Waals surface area contributed by atoms with Crippen LogP contribution in [0.15, 0.2) is 12.2 Å². The molecule has 18 heavy (non-hydrogen) atoms. The number of aliphatic hydroxyl groups is 1. The molecule has 0 amide bonds. The molecule has 3 fully saturated rings. The summed E-state index contributed by atoms with van der Waals surface area (Å²) in [4.78, 5) is 24.0. The number of carbonyl (C=O) groups is 2. The average molecular weight is 246 g/mol. The lowest BCUT2D eigenvalue weighted by Crippen LogP contribution is -2.44. The molecule has 0 saturated heterocycles. The monoisotopic (exact) mass is 246 g/mol. The molecule has 0 unspecified atom stereocenters. The fourth-order valence-electron chi connectivity index (χ4n) is 5.72. The zero-order chi connectivity index (χ0) is 12.7. The Balaban J connectivity index is 1.92. The highest BCUT2D eigenvalue weighted by Crippen LogP contribution is 2.72. The summed E-state index contributed by atoms with van der Waals surface area (Å²) in [6.07, 6.45) is 6.28. The van der Waals surface area contributed by atoms with E-state index in [-0.39, 0.29) is 35.7 Å². The third kappa shape index (κ3) is 0.911. The van der Waals surface area contributed by atoms with Crippen molar-refractivity contribution in [2.45, 2.75) is 38.2 Å². The van der Waals surface area contributed by atoms with E-state index in [0.29, 0.717) is 18.8 Å². The van der Waals surface area contributed by atoms with E-state index in [9.17, 15) is 14.7 Å². The first-order valence-electron chi connectivity index (χ1n) is 6.93. The van der Waals surface area contributed by atoms with Gasteiger partial charge in [-0.1, -0.05) is 19.1 Å². The van der Waals surface area contributed by atoms with Crippen molar-refractivity contribution in [1.82, 2.24) is 0 Å². The number of carbonyl (C=O) groups excluding carboxylic acids is 2. The van der Waals surface area contributed by atoms with Gasteiger partial charge >= 0.3 is 0 Å². The molecule has 4 aliphatic carbocycles. The van der Waals surface area contributed by atoms with Gasteiger partial charge in [-0.3, -0.25) is 9.59 Å². The van der Waals surface area contributed by atoms with Gasteiger partial charge in [0, 0.05) is 36.5 Å². The highest BCUT2D eigenvalue weighted by Gasteiger charge is 2.75. The van der Waals surface area contributed by atoms with Crippen molar-refractivity contribution in [3.63, 3.8) is 0 Å². The average Bonchev–Trinajstić information content (AvgIpc) is 2.92. The highest BCUT2D eigenvalue weighted by molar-refractivity contribution is 5.91. The number of Topliss-reactive ketones (excluding diaryl/α,β-unsaturated/α-hetero) is 2. The number of hydrogen-bond acceptors (Lipinski definition) is 3. The predicted octanol–water partition coefficient (Wildman–Crippen LogP) is 1.50. The van der Waals surface area contributed by atoms with Crippen LogP contribution >= 0.6 is 0 Å². The van der Waals surface area contributed by atoms with E-state index in [1.807, 2.05) is 6.92 Å². The van der Waals surface area contributed by atoms with Crippen LogP contribution in [0.1, 0.15) is 32.6 Å². The minimum Gasteiger partial charge on any atom is -0.388 e. The summed E-state index contributed by atoms with van der Waals surface area (Å²) in [7, 11) is 0. The van der Waals surface area contributed by atoms with E-state index in [1.165, 1.54) is 0 Å². The second-order valence-electron chi connectivity index (χ2n) is 6.78. The van der Waals surface area contributed by atoms with Crippen molar-refractivity contribution in [1.29, 1.82) is 0 Å². The fourth-order valence-corrected chi connectivity index (χ4v) is 5.72. The van der Waals surface area contributed by atoms with Crippen molar-refractivity contribution >= 4 is 11.6 Å². The Morgan fingerprint density at radius 3 is 2.83 bits per heavy atom. The molecule has 0 aromatic rings. The molecule has 1 N–H and O–H groups in total. The first kappa shape index (κ1) is 10.9. The van der Waals surface area contributed by atoms with Gasteiger partial charge in [0.15, 0.2) is 0 Å². The quantitative estimate of drug-likeness (QED) is 0.659. The lowest BCUT2D eigenvalue weighted by molar-refractivity contribution is -0.124. The van der Waals surface area contributed by atoms with Crippen LogP contribution in [0.25, 0.3) is 0 Å². The standard InChI is InChI=1S/C15H18O3/c1-8-12(17)7-14-5-9(16)6-15(14,18)11-4-2-3-10(11)13(8)14/h2,4,8,10-11,13,18H,3,5-7H2,1H3/t8-,10+,11-,13-,14-,15+/m1/s1. The molecule has 96 valence electrons. The normalized spacial score (nSPS) is 57.0. The molecule has 0 aromatic heterocycles. The second kappa shape index (κ2) is 2.96. The summed E-state index contributed by atoms with van der Waals surface area (Å²) in [6.45, 7) is 1.99. The Hall–Kier alpha value is -0.960. The van der Waals surface area contributed by atoms with Crippen molar-refractivity contribution < 1.29 is 14.7 Å². The highest BCUT2D eigenvalue weighted by atomic mass is 16.3. The van der Waals surface area contributed by atoms with Crippen LogP contribution in [-0.2, 0) is 9.59 Å². The SMILES string of the molecule is C[C@@H]1C(=O)C[C@@]23CC(=O)C[C@]2(O)[C@@H]2C=CC[C@@H]2[C@@H]13. The third-order valence-corrected chi connectivity index (χ3v) is 6.24. The molecule has 4 rings (SSSR count). The summed E-state index contributed by atoms with van der Waals surface area (Å²) in [5.74, 6) is 1.09. The van der Waals surface area contributed by atoms with Gasteiger partial charge in [0.2, 0.25) is 0 Å². The number of allylic oxidation sites excluding steroid dienone is 1. The molecule has 6 atom stereocenters. The van der Waals surface area contributed by atoms with Crippen LogP contribution in [0.5, 0.6) is 0 Å². The van der Waals surface area contributed by atoms with Gasteiger partial charge in [0.1, 0.15) is 11.6 Å². The maximum Gasteiger partial charge on any atom is 0.136 e. The second-order valence-corrected chi connectivity index (χ2v) is 6.78. The van der Waals surface area contributed by atoms with E-state index < -0.39 is 11.0 Å². The molecule has 0 heterocycles. The van der Waals surface area contributed by atoms with Crippen molar-refractivity contribution in [2.75, 3.05) is 0 Å². The van der Waals surface area contributed by atoms with Crippen LogP contribution in [-0.4, -0.2) is 22.3 Å². The molecule has 1 spiro atoms. The maximum absolute atomic E-state index is 12.1. The van der Waals surface area contributed by atoms with E-state index in [4.69, 9.17) is 0 Å². The summed E-state index contributed by atoms with van der Waals surface area (Å²) in [6, 6.07) is 0. The molecule has 0 bridgehead atoms. The molecule has 0 radical (unpaired) electrons. The summed E-state index contributed by atoms with van der Waals surface area (Å²) < 4.78 is 0. The molecule has 4 aliphatic rings. The number of ketones is 2. The van der Waals surface area contributed by atoms with E-state index in [0.717, 1.165) is 6.42 Å². The van der Waals surface area contributed by atoms with Crippen molar-refractivity contribution in [2.24, 2.45) is 29.1 Å². The minimum absolute atomic E-state index is 0.0114. The summed E-state index contributed by atoms with van der Waals surface area (Å²) in [5.41, 5.74) is -1.37. The van der Waals surface area contributed by atoms with E-state index in [1.54, 1.807) is 0 Å². The van der Waals surface area contributed by atoms with Crippen LogP contribution in [0.2, 0.25) is 0 Å². The molecular formula is C15H18O3. The Bertz CT molecular complexity index is 494. The van der Waals surface area contributed by atoms with Gasteiger partial charge < -0.3 is 5.11 Å². The number of rotatable bonds is 0. The Morgan fingerprint density at radius 2 is 2.06 bits per heavy atom. The molecule has 0 aromatic carbocycles. The van der Waals surface area contributed by atoms with Gasteiger partial charge in [0.05, 0.1) is 5.60 Å². The minimum atomic E-state index is -0.938. The molecule has 3 saturated carbocycles. The van der Waals surface area contributed by atoms with Crippen LogP contribution in [0, 0.1) is 29.1 Å². The lowest BCUT2D eigenvalue weighted by atomic mass is 9.70. The molecular weight excluding hydrogens is 228 g/mol. The zero-order valence-corrected chi connectivity index (χ0v) is 10.6. The van der Waals surface area contributed by atoms with Gasteiger partial charge in [-0.15, -0.1) is 0 Å². The number of fused-ring (bicyclic) bond motifs is 3. The Morgan fingerprint density at radius 1 is 1.28 bits per heavy atom. The Labute approximate surface area is 106 Å². The van der Waals surface area contributed by atoms with E-state index in [2.05, 4.69) is 12.2 Å². The summed E-state index contributed by atoms with van der Waals surface area (Å²) in [5, 5.41) is 11.1. The number of hydrogen-bond donors (Lipinski definition) is 1. The zero-order valence-electron chi connectivity index (χ0n) is 10.6. The fraction of sp³-hybridized carbons (Fsp3) is 0.733.